The number of carbonyl (C=O) groups is 2. The SMILES string of the molecule is COc1cc(C(=O)N[C@@H](C)CC(NCc2cccc(C(F)(F)F)c2)c2cccc(O)c2)cc(C(=O)N2CCC[C@@H]2c2nc(C)co2)c1. The zero-order valence-corrected chi connectivity index (χ0v) is 26.3. The monoisotopic (exact) mass is 650 g/mol. The topological polar surface area (TPSA) is 117 Å². The molecule has 4 aromatic rings. The number of rotatable bonds is 11. The molecule has 1 aliphatic rings. The number of phenolic OH excluding ortho intramolecular Hbond substituents is 1. The van der Waals surface area contributed by atoms with Crippen LogP contribution in [0.3, 0.4) is 0 Å². The first-order valence-electron chi connectivity index (χ1n) is 15.3. The van der Waals surface area contributed by atoms with E-state index in [0.717, 1.165) is 24.2 Å². The van der Waals surface area contributed by atoms with Gasteiger partial charge in [0.05, 0.1) is 18.4 Å². The minimum Gasteiger partial charge on any atom is -0.508 e. The summed E-state index contributed by atoms with van der Waals surface area (Å²) in [6.45, 7) is 4.26. The Balaban J connectivity index is 1.31. The van der Waals surface area contributed by atoms with Gasteiger partial charge in [-0.25, -0.2) is 4.98 Å². The molecular formula is C35H37F3N4O5. The highest BCUT2D eigenvalue weighted by molar-refractivity contribution is 6.00. The fraction of sp³-hybridized carbons (Fsp3) is 0.343. The average molecular weight is 651 g/mol. The lowest BCUT2D eigenvalue weighted by atomic mass is 9.98. The van der Waals surface area contributed by atoms with E-state index >= 15 is 0 Å². The minimum atomic E-state index is -4.46. The Morgan fingerprint density at radius 3 is 2.57 bits per heavy atom. The second kappa shape index (κ2) is 14.3. The molecule has 3 atom stereocenters. The largest absolute Gasteiger partial charge is 0.508 e. The Bertz CT molecular complexity index is 1720. The molecule has 47 heavy (non-hydrogen) atoms. The van der Waals surface area contributed by atoms with Crippen molar-refractivity contribution in [3.8, 4) is 11.5 Å². The van der Waals surface area contributed by atoms with Crippen LogP contribution in [0.25, 0.3) is 0 Å². The molecule has 3 N–H and O–H groups in total. The molecule has 9 nitrogen and oxygen atoms in total. The molecule has 0 bridgehead atoms. The molecule has 2 heterocycles. The summed E-state index contributed by atoms with van der Waals surface area (Å²) >= 11 is 0. The summed E-state index contributed by atoms with van der Waals surface area (Å²) in [5.41, 5.74) is 1.65. The lowest BCUT2D eigenvalue weighted by Crippen LogP contribution is -2.36. The fourth-order valence-corrected chi connectivity index (χ4v) is 5.83. The van der Waals surface area contributed by atoms with Crippen LogP contribution in [0.4, 0.5) is 13.2 Å². The number of aromatic nitrogens is 1. The van der Waals surface area contributed by atoms with Crippen LogP contribution in [0.1, 0.15) is 87.3 Å². The van der Waals surface area contributed by atoms with Crippen molar-refractivity contribution in [2.75, 3.05) is 13.7 Å². The summed E-state index contributed by atoms with van der Waals surface area (Å²) in [6.07, 6.45) is -1.07. The molecule has 0 saturated carbocycles. The summed E-state index contributed by atoms with van der Waals surface area (Å²) in [5, 5.41) is 16.4. The van der Waals surface area contributed by atoms with E-state index in [1.165, 1.54) is 25.3 Å². The van der Waals surface area contributed by atoms with Crippen LogP contribution in [0.5, 0.6) is 11.5 Å². The zero-order chi connectivity index (χ0) is 33.7. The minimum absolute atomic E-state index is 0.0387. The van der Waals surface area contributed by atoms with Gasteiger partial charge in [0.2, 0.25) is 5.89 Å². The zero-order valence-electron chi connectivity index (χ0n) is 26.3. The summed E-state index contributed by atoms with van der Waals surface area (Å²) in [6, 6.07) is 15.2. The summed E-state index contributed by atoms with van der Waals surface area (Å²) < 4.78 is 50.8. The molecule has 2 amide bonds. The van der Waals surface area contributed by atoms with Gasteiger partial charge in [-0.2, -0.15) is 13.2 Å². The molecule has 1 saturated heterocycles. The van der Waals surface area contributed by atoms with Gasteiger partial charge in [-0.05, 0) is 80.6 Å². The lowest BCUT2D eigenvalue weighted by Gasteiger charge is -2.25. The number of oxazole rings is 1. The third kappa shape index (κ3) is 8.31. The Morgan fingerprint density at radius 1 is 1.11 bits per heavy atom. The number of benzene rings is 3. The van der Waals surface area contributed by atoms with Crippen molar-refractivity contribution in [1.82, 2.24) is 20.5 Å². The van der Waals surface area contributed by atoms with Gasteiger partial charge in [-0.3, -0.25) is 9.59 Å². The molecule has 0 spiro atoms. The van der Waals surface area contributed by atoms with Crippen LogP contribution in [-0.2, 0) is 12.7 Å². The van der Waals surface area contributed by atoms with E-state index in [-0.39, 0.29) is 35.4 Å². The van der Waals surface area contributed by atoms with E-state index < -0.39 is 29.7 Å². The highest BCUT2D eigenvalue weighted by Gasteiger charge is 2.34. The van der Waals surface area contributed by atoms with Crippen molar-refractivity contribution in [2.45, 2.75) is 64.0 Å². The second-order valence-corrected chi connectivity index (χ2v) is 11.8. The normalized spacial score (nSPS) is 16.1. The van der Waals surface area contributed by atoms with Crippen molar-refractivity contribution in [2.24, 2.45) is 0 Å². The number of halogens is 3. The molecule has 0 aliphatic carbocycles. The molecule has 1 unspecified atom stereocenters. The molecule has 248 valence electrons. The number of likely N-dealkylation sites (tertiary alicyclic amines) is 1. The molecule has 1 fully saturated rings. The van der Waals surface area contributed by atoms with Gasteiger partial charge >= 0.3 is 6.18 Å². The Morgan fingerprint density at radius 2 is 1.87 bits per heavy atom. The molecule has 1 aromatic heterocycles. The lowest BCUT2D eigenvalue weighted by molar-refractivity contribution is -0.137. The number of hydrogen-bond donors (Lipinski definition) is 3. The van der Waals surface area contributed by atoms with Gasteiger partial charge < -0.3 is 29.8 Å². The molecule has 0 radical (unpaired) electrons. The first kappa shape index (κ1) is 33.5. The number of hydrogen-bond acceptors (Lipinski definition) is 7. The number of carbonyl (C=O) groups excluding carboxylic acids is 2. The maximum absolute atomic E-state index is 13.7. The van der Waals surface area contributed by atoms with Crippen LogP contribution in [-0.4, -0.2) is 46.5 Å². The third-order valence-electron chi connectivity index (χ3n) is 8.13. The third-order valence-corrected chi connectivity index (χ3v) is 8.13. The van der Waals surface area contributed by atoms with Crippen molar-refractivity contribution in [3.05, 3.63) is 112 Å². The predicted molar refractivity (Wildman–Crippen MR) is 168 cm³/mol. The second-order valence-electron chi connectivity index (χ2n) is 11.8. The summed E-state index contributed by atoms with van der Waals surface area (Å²) in [5.74, 6) is 0.158. The number of methoxy groups -OCH3 is 1. The maximum Gasteiger partial charge on any atom is 0.416 e. The van der Waals surface area contributed by atoms with Gasteiger partial charge in [-0.1, -0.05) is 30.3 Å². The van der Waals surface area contributed by atoms with Crippen molar-refractivity contribution in [1.29, 1.82) is 0 Å². The van der Waals surface area contributed by atoms with E-state index in [9.17, 15) is 27.9 Å². The summed E-state index contributed by atoms with van der Waals surface area (Å²) in [7, 11) is 1.46. The van der Waals surface area contributed by atoms with E-state index in [4.69, 9.17) is 9.15 Å². The highest BCUT2D eigenvalue weighted by Crippen LogP contribution is 2.34. The van der Waals surface area contributed by atoms with E-state index in [1.54, 1.807) is 54.5 Å². The standard InChI is InChI=1S/C35H37F3N4O5/c1-21(13-30(24-8-5-10-28(43)16-24)39-19-23-7-4-9-27(14-23)35(36,37)38)40-32(44)25-15-26(18-29(17-25)46-3)34(45)42-12-6-11-31(42)33-41-22(2)20-47-33/h4-5,7-10,14-18,20-21,30-31,39,43H,6,11-13,19H2,1-3H3,(H,40,44)/t21-,30?,31+/m0/s1. The first-order valence-corrected chi connectivity index (χ1v) is 15.3. The first-order chi connectivity index (χ1) is 22.4. The highest BCUT2D eigenvalue weighted by atomic mass is 19.4. The smallest absolute Gasteiger partial charge is 0.416 e. The number of phenols is 1. The number of amides is 2. The molecule has 3 aromatic carbocycles. The molecular weight excluding hydrogens is 613 g/mol. The van der Waals surface area contributed by atoms with Gasteiger partial charge in [0.15, 0.2) is 0 Å². The van der Waals surface area contributed by atoms with Crippen LogP contribution < -0.4 is 15.4 Å². The molecule has 12 heteroatoms. The number of nitrogens with one attached hydrogen (secondary N) is 2. The molecule has 1 aliphatic heterocycles. The summed E-state index contributed by atoms with van der Waals surface area (Å²) in [4.78, 5) is 33.3. The Labute approximate surface area is 270 Å². The van der Waals surface area contributed by atoms with Crippen molar-refractivity contribution >= 4 is 11.8 Å². The Kier molecular flexibility index (Phi) is 10.2. The van der Waals surface area contributed by atoms with E-state index in [0.29, 0.717) is 42.2 Å². The van der Waals surface area contributed by atoms with E-state index in [2.05, 4.69) is 15.6 Å². The van der Waals surface area contributed by atoms with E-state index in [1.807, 2.05) is 6.92 Å². The molecule has 5 rings (SSSR count). The van der Waals surface area contributed by atoms with Gasteiger partial charge in [-0.15, -0.1) is 0 Å². The predicted octanol–water partition coefficient (Wildman–Crippen LogP) is 6.73. The maximum atomic E-state index is 13.7. The fourth-order valence-electron chi connectivity index (χ4n) is 5.83. The number of aromatic hydroxyl groups is 1. The van der Waals surface area contributed by atoms with Crippen LogP contribution in [0.2, 0.25) is 0 Å². The average Bonchev–Trinajstić information content (AvgIpc) is 3.71. The van der Waals surface area contributed by atoms with Crippen LogP contribution in [0.15, 0.2) is 77.4 Å². The number of aryl methyl sites for hydroxylation is 1. The van der Waals surface area contributed by atoms with Crippen molar-refractivity contribution < 1.29 is 37.0 Å². The van der Waals surface area contributed by atoms with Gasteiger partial charge in [0, 0.05) is 36.3 Å². The van der Waals surface area contributed by atoms with Crippen LogP contribution in [0, 0.1) is 6.92 Å². The number of nitrogens with zero attached hydrogens (tertiary/aromatic N) is 2. The number of ether oxygens (including phenoxy) is 1. The van der Waals surface area contributed by atoms with Gasteiger partial charge in [0.25, 0.3) is 11.8 Å². The quantitative estimate of drug-likeness (QED) is 0.165. The van der Waals surface area contributed by atoms with Gasteiger partial charge in [0.1, 0.15) is 23.8 Å². The number of alkyl halides is 3. The van der Waals surface area contributed by atoms with Crippen molar-refractivity contribution in [3.63, 3.8) is 0 Å². The van der Waals surface area contributed by atoms with Crippen LogP contribution >= 0.6 is 0 Å². The Hall–Kier alpha value is -4.84.